The predicted molar refractivity (Wildman–Crippen MR) is 300 cm³/mol. The van der Waals surface area contributed by atoms with Crippen LogP contribution in [0.3, 0.4) is 0 Å². The Morgan fingerprint density at radius 1 is 0.261 bits per heavy atom. The summed E-state index contributed by atoms with van der Waals surface area (Å²) in [6.07, 6.45) is 0. The predicted octanol–water partition coefficient (Wildman–Crippen LogP) is 7.77. The number of rotatable bonds is 7. The Labute approximate surface area is 410 Å². The van der Waals surface area contributed by atoms with Crippen molar-refractivity contribution in [3.05, 3.63) is 200 Å². The minimum atomic E-state index is 0.171. The van der Waals surface area contributed by atoms with E-state index in [1.54, 1.807) is 0 Å². The van der Waals surface area contributed by atoms with Gasteiger partial charge in [0, 0.05) is 38.6 Å². The van der Waals surface area contributed by atoms with Crippen molar-refractivity contribution in [3.63, 3.8) is 0 Å². The smallest absolute Gasteiger partial charge is 0.115 e. The molecular formula is C60H33B7N2. The van der Waals surface area contributed by atoms with Gasteiger partial charge in [-0.3, -0.25) is 0 Å². The molecule has 10 aromatic carbocycles. The first-order valence-corrected chi connectivity index (χ1v) is 22.8. The summed E-state index contributed by atoms with van der Waals surface area (Å²) in [6.45, 7) is 0. The lowest BCUT2D eigenvalue weighted by Gasteiger charge is -2.19. The molecule has 0 amide bonds. The van der Waals surface area contributed by atoms with Gasteiger partial charge in [-0.1, -0.05) is 179 Å². The molecule has 0 aliphatic carbocycles. The van der Waals surface area contributed by atoms with Crippen LogP contribution < -0.4 is 38.2 Å². The van der Waals surface area contributed by atoms with E-state index in [1.807, 2.05) is 47.0 Å². The molecule has 2 nitrogen and oxygen atoms in total. The molecule has 0 N–H and O–H groups in total. The van der Waals surface area contributed by atoms with Crippen LogP contribution in [-0.2, 0) is 0 Å². The lowest BCUT2D eigenvalue weighted by Crippen LogP contribution is -2.48. The highest BCUT2D eigenvalue weighted by molar-refractivity contribution is 6.69. The van der Waals surface area contributed by atoms with E-state index in [0.717, 1.165) is 83.3 Å². The van der Waals surface area contributed by atoms with Gasteiger partial charge in [-0.25, -0.2) is 0 Å². The minimum absolute atomic E-state index is 0.171. The van der Waals surface area contributed by atoms with Gasteiger partial charge in [-0.05, 0) is 110 Å². The van der Waals surface area contributed by atoms with Crippen molar-refractivity contribution >= 4 is 137 Å². The Bertz CT molecular complexity index is 4010. The largest absolute Gasteiger partial charge is 0.311 e. The number of nitrogens with zero attached hydrogens (tertiary/aromatic N) is 2. The molecular weight excluding hydrogens is 824 g/mol. The van der Waals surface area contributed by atoms with E-state index in [9.17, 15) is 0 Å². The summed E-state index contributed by atoms with van der Waals surface area (Å²) in [7, 11) is 49.1. The molecule has 304 valence electrons. The fourth-order valence-corrected chi connectivity index (χ4v) is 10.4. The summed E-state index contributed by atoms with van der Waals surface area (Å²) >= 11 is 0. The highest BCUT2D eigenvalue weighted by Crippen LogP contribution is 2.42. The zero-order valence-corrected chi connectivity index (χ0v) is 37.5. The molecule has 12 rings (SSSR count). The lowest BCUT2D eigenvalue weighted by atomic mass is 9.64. The fraction of sp³-hybridized carbons (Fsp3) is 0. The average molecular weight is 858 g/mol. The zero-order chi connectivity index (χ0) is 47.1. The molecule has 0 fully saturated rings. The van der Waals surface area contributed by atoms with E-state index >= 15 is 0 Å². The molecule has 2 aromatic heterocycles. The molecule has 69 heavy (non-hydrogen) atoms. The first kappa shape index (κ1) is 42.6. The van der Waals surface area contributed by atoms with Crippen LogP contribution >= 0.6 is 0 Å². The van der Waals surface area contributed by atoms with Crippen molar-refractivity contribution in [3.8, 4) is 67.0 Å². The normalized spacial score (nSPS) is 11.6. The molecule has 0 saturated carbocycles. The van der Waals surface area contributed by atoms with Gasteiger partial charge in [0.2, 0.25) is 0 Å². The summed E-state index contributed by atoms with van der Waals surface area (Å²) in [5.41, 5.74) is 17.0. The van der Waals surface area contributed by atoms with E-state index in [4.69, 9.17) is 54.9 Å². The molecule has 0 aliphatic rings. The van der Waals surface area contributed by atoms with Crippen LogP contribution in [0.25, 0.3) is 111 Å². The number of hydrogen-bond acceptors (Lipinski definition) is 0. The summed E-state index contributed by atoms with van der Waals surface area (Å²) < 4.78 is 4.28. The molecule has 0 unspecified atom stereocenters. The van der Waals surface area contributed by atoms with Gasteiger partial charge in [-0.15, -0.1) is 10.9 Å². The van der Waals surface area contributed by atoms with E-state index in [-0.39, 0.29) is 21.9 Å². The molecule has 0 bridgehead atoms. The maximum absolute atomic E-state index is 7.48. The van der Waals surface area contributed by atoms with Crippen LogP contribution in [0.5, 0.6) is 0 Å². The summed E-state index contributed by atoms with van der Waals surface area (Å²) in [6, 6.07) is 69.5. The number of fused-ring (bicyclic) bond motifs is 6. The van der Waals surface area contributed by atoms with Crippen molar-refractivity contribution in [2.45, 2.75) is 0 Å². The Morgan fingerprint density at radius 3 is 1.41 bits per heavy atom. The van der Waals surface area contributed by atoms with Crippen LogP contribution in [0.2, 0.25) is 0 Å². The Balaban J connectivity index is 1.13. The topological polar surface area (TPSA) is 9.86 Å². The SMILES string of the molecule is [B]c1c([B])c([B])c2c(c1[B])c1c([B])c(-c3ccc4c(c3)c3c(-c5cccc(-c6ccccc6)c5)cccc3n4-c3cccc(-c4ccccc4)c3)c([B])c([B])c1n2-c1ccc(-c2ccccc2)cc1. The molecule has 0 atom stereocenters. The van der Waals surface area contributed by atoms with E-state index < -0.39 is 0 Å². The maximum Gasteiger partial charge on any atom is 0.115 e. The zero-order valence-electron chi connectivity index (χ0n) is 37.5. The van der Waals surface area contributed by atoms with Crippen LogP contribution in [0.1, 0.15) is 0 Å². The fourth-order valence-electron chi connectivity index (χ4n) is 10.4. The first-order valence-electron chi connectivity index (χ1n) is 22.8. The Morgan fingerprint density at radius 2 is 0.754 bits per heavy atom. The second-order valence-corrected chi connectivity index (χ2v) is 17.6. The molecule has 14 radical (unpaired) electrons. The van der Waals surface area contributed by atoms with E-state index in [1.165, 1.54) is 0 Å². The number of aromatic nitrogens is 2. The minimum Gasteiger partial charge on any atom is -0.311 e. The second kappa shape index (κ2) is 16.8. The van der Waals surface area contributed by atoms with Gasteiger partial charge >= 0.3 is 0 Å². The van der Waals surface area contributed by atoms with Gasteiger partial charge < -0.3 is 9.13 Å². The molecule has 9 heteroatoms. The molecule has 0 spiro atoms. The Hall–Kier alpha value is -7.75. The summed E-state index contributed by atoms with van der Waals surface area (Å²) in [5, 5.41) is 3.20. The first-order chi connectivity index (χ1) is 33.7. The van der Waals surface area contributed by atoms with Crippen LogP contribution in [0.15, 0.2) is 200 Å². The van der Waals surface area contributed by atoms with E-state index in [0.29, 0.717) is 43.8 Å². The van der Waals surface area contributed by atoms with Crippen molar-refractivity contribution in [1.82, 2.24) is 9.13 Å². The average Bonchev–Trinajstić information content (AvgIpc) is 3.94. The van der Waals surface area contributed by atoms with Crippen molar-refractivity contribution < 1.29 is 0 Å². The van der Waals surface area contributed by atoms with Gasteiger partial charge in [-0.2, -0.15) is 0 Å². The van der Waals surface area contributed by atoms with Crippen molar-refractivity contribution in [1.29, 1.82) is 0 Å². The third-order valence-electron chi connectivity index (χ3n) is 13.7. The number of hydrogen-bond donors (Lipinski definition) is 0. The summed E-state index contributed by atoms with van der Waals surface area (Å²) in [4.78, 5) is 0. The monoisotopic (exact) mass is 858 g/mol. The summed E-state index contributed by atoms with van der Waals surface area (Å²) in [5.74, 6) is 0. The van der Waals surface area contributed by atoms with Crippen LogP contribution in [-0.4, -0.2) is 64.1 Å². The van der Waals surface area contributed by atoms with Crippen molar-refractivity contribution in [2.75, 3.05) is 0 Å². The lowest BCUT2D eigenvalue weighted by molar-refractivity contribution is 1.18. The number of benzene rings is 10. The second-order valence-electron chi connectivity index (χ2n) is 17.6. The highest BCUT2D eigenvalue weighted by atomic mass is 15.0. The van der Waals surface area contributed by atoms with Gasteiger partial charge in [0.05, 0.1) is 11.0 Å². The molecule has 12 aromatic rings. The maximum atomic E-state index is 7.48. The van der Waals surface area contributed by atoms with Gasteiger partial charge in [0.1, 0.15) is 54.9 Å². The quantitative estimate of drug-likeness (QED) is 0.145. The van der Waals surface area contributed by atoms with Crippen LogP contribution in [0.4, 0.5) is 0 Å². The molecule has 0 aliphatic heterocycles. The van der Waals surface area contributed by atoms with Gasteiger partial charge in [0.25, 0.3) is 0 Å². The van der Waals surface area contributed by atoms with Gasteiger partial charge in [0.15, 0.2) is 0 Å². The highest BCUT2D eigenvalue weighted by Gasteiger charge is 2.25. The van der Waals surface area contributed by atoms with E-state index in [2.05, 4.69) is 162 Å². The third-order valence-corrected chi connectivity index (χ3v) is 13.7. The third kappa shape index (κ3) is 6.81. The van der Waals surface area contributed by atoms with Crippen molar-refractivity contribution in [2.24, 2.45) is 0 Å². The Kier molecular flexibility index (Phi) is 10.4. The standard InChI is InChI=1S/C60H33B7N2/c61-52-48(53(62)57(66)59-50(52)51-54(63)55(64)56(65)58(67)60(51)69(59)42-28-25-37(26-29-42)34-13-4-1-5-14-34)41-27-30-46-45(33-41)49-44(40-21-10-19-38(31-40)35-15-6-2-7-16-35)23-12-24-47(49)68(46)43-22-11-20-39(32-43)36-17-8-3-9-18-36/h1-33H. The molecule has 2 heterocycles. The molecule has 0 saturated heterocycles. The van der Waals surface area contributed by atoms with Crippen LogP contribution in [0, 0.1) is 0 Å².